The number of nitrogens with two attached hydrogens (primary N) is 1. The van der Waals surface area contributed by atoms with E-state index >= 15 is 0 Å². The van der Waals surface area contributed by atoms with Gasteiger partial charge in [-0.25, -0.2) is 33.3 Å². The summed E-state index contributed by atoms with van der Waals surface area (Å²) in [5, 5.41) is 0.667. The Kier molecular flexibility index (Phi) is 5.19. The van der Waals surface area contributed by atoms with Crippen LogP contribution in [-0.2, 0) is 14.6 Å². The second kappa shape index (κ2) is 8.04. The molecule has 1 aromatic carbocycles. The number of benzene rings is 1. The lowest BCUT2D eigenvalue weighted by Crippen LogP contribution is -2.36. The van der Waals surface area contributed by atoms with E-state index in [9.17, 15) is 8.42 Å². The van der Waals surface area contributed by atoms with E-state index in [4.69, 9.17) is 20.4 Å². The fraction of sp³-hybridized carbons (Fsp3) is 0.250. The van der Waals surface area contributed by atoms with E-state index in [-0.39, 0.29) is 10.8 Å². The first-order valence-electron chi connectivity index (χ1n) is 9.78. The van der Waals surface area contributed by atoms with Gasteiger partial charge < -0.3 is 15.4 Å². The van der Waals surface area contributed by atoms with Crippen molar-refractivity contribution in [1.82, 2.24) is 24.9 Å². The normalized spacial score (nSPS) is 14.7. The summed E-state index contributed by atoms with van der Waals surface area (Å²) in [5.41, 5.74) is 7.48. The quantitative estimate of drug-likeness (QED) is 0.472. The number of anilines is 2. The van der Waals surface area contributed by atoms with Crippen LogP contribution in [-0.4, -0.2) is 65.9 Å². The molecule has 3 aromatic heterocycles. The van der Waals surface area contributed by atoms with Gasteiger partial charge in [0, 0.05) is 37.3 Å². The summed E-state index contributed by atoms with van der Waals surface area (Å²) in [7, 11) is -3.33. The zero-order valence-corrected chi connectivity index (χ0v) is 18.7. The van der Waals surface area contributed by atoms with E-state index in [1.165, 1.54) is 17.6 Å². The van der Waals surface area contributed by atoms with Gasteiger partial charge >= 0.3 is 0 Å². The van der Waals surface area contributed by atoms with Gasteiger partial charge in [0.25, 0.3) is 0 Å². The number of nitrogens with zero attached hydrogens (tertiary/aromatic N) is 6. The highest BCUT2D eigenvalue weighted by atomic mass is 32.2. The van der Waals surface area contributed by atoms with E-state index in [0.717, 1.165) is 10.5 Å². The first-order valence-corrected chi connectivity index (χ1v) is 12.5. The van der Waals surface area contributed by atoms with Crippen LogP contribution in [0.25, 0.3) is 32.3 Å². The Morgan fingerprint density at radius 3 is 2.53 bits per heavy atom. The number of fused-ring (bicyclic) bond motifs is 1. The molecule has 1 fully saturated rings. The molecule has 164 valence electrons. The number of nitrogen functional groups attached to an aromatic ring is 1. The first-order chi connectivity index (χ1) is 15.4. The minimum atomic E-state index is -3.33. The number of thiazole rings is 1. The van der Waals surface area contributed by atoms with Crippen LogP contribution in [0.2, 0.25) is 0 Å². The maximum Gasteiger partial charge on any atom is 0.219 e. The van der Waals surface area contributed by atoms with Crippen molar-refractivity contribution in [3.8, 4) is 22.0 Å². The molecule has 0 saturated carbocycles. The van der Waals surface area contributed by atoms with Crippen molar-refractivity contribution in [3.05, 3.63) is 36.7 Å². The third-order valence-electron chi connectivity index (χ3n) is 4.99. The van der Waals surface area contributed by atoms with Crippen LogP contribution < -0.4 is 10.6 Å². The van der Waals surface area contributed by atoms with Crippen LogP contribution >= 0.6 is 11.3 Å². The standard InChI is InChI=1S/C20H19N7O3S2/c1-32(28,29)14-4-2-3-12(9-14)19-26-17-15(31-19)18(27-5-7-30-8-6-27)25-16(24-17)13-10-22-20(21)23-11-13/h2-4,9-11H,5-8H2,1H3,(H2,21,22,23). The van der Waals surface area contributed by atoms with Crippen molar-refractivity contribution in [3.63, 3.8) is 0 Å². The first kappa shape index (κ1) is 20.7. The summed E-state index contributed by atoms with van der Waals surface area (Å²) in [4.78, 5) is 24.6. The lowest BCUT2D eigenvalue weighted by molar-refractivity contribution is 0.122. The van der Waals surface area contributed by atoms with Crippen molar-refractivity contribution in [2.45, 2.75) is 4.90 Å². The maximum absolute atomic E-state index is 12.0. The van der Waals surface area contributed by atoms with Gasteiger partial charge in [-0.05, 0) is 12.1 Å². The summed E-state index contributed by atoms with van der Waals surface area (Å²) >= 11 is 1.43. The molecular weight excluding hydrogens is 450 g/mol. The number of morpholine rings is 1. The number of ether oxygens (including phenoxy) is 1. The van der Waals surface area contributed by atoms with Crippen LogP contribution in [0.15, 0.2) is 41.6 Å². The van der Waals surface area contributed by atoms with E-state index in [0.29, 0.717) is 53.9 Å². The SMILES string of the molecule is CS(=O)(=O)c1cccc(-c2nc3nc(-c4cnc(N)nc4)nc(N4CCOCC4)c3s2)c1. The Morgan fingerprint density at radius 2 is 1.81 bits per heavy atom. The highest BCUT2D eigenvalue weighted by Crippen LogP contribution is 2.36. The predicted octanol–water partition coefficient (Wildman–Crippen LogP) is 2.03. The molecule has 1 aliphatic heterocycles. The number of hydrogen-bond acceptors (Lipinski definition) is 11. The van der Waals surface area contributed by atoms with Gasteiger partial charge in [0.15, 0.2) is 27.1 Å². The molecular formula is C20H19N7O3S2. The molecule has 32 heavy (non-hydrogen) atoms. The van der Waals surface area contributed by atoms with Gasteiger partial charge in [-0.1, -0.05) is 12.1 Å². The third-order valence-corrected chi connectivity index (χ3v) is 7.19. The fourth-order valence-electron chi connectivity index (χ4n) is 3.37. The van der Waals surface area contributed by atoms with E-state index in [1.807, 2.05) is 6.07 Å². The molecule has 0 atom stereocenters. The average molecular weight is 470 g/mol. The number of aromatic nitrogens is 5. The monoisotopic (exact) mass is 469 g/mol. The van der Waals surface area contributed by atoms with E-state index in [2.05, 4.69) is 19.9 Å². The van der Waals surface area contributed by atoms with Crippen molar-refractivity contribution in [2.75, 3.05) is 43.2 Å². The van der Waals surface area contributed by atoms with Crippen LogP contribution in [0.3, 0.4) is 0 Å². The summed E-state index contributed by atoms with van der Waals surface area (Å²) in [6, 6.07) is 6.75. The van der Waals surface area contributed by atoms with Gasteiger partial charge in [0.1, 0.15) is 9.71 Å². The van der Waals surface area contributed by atoms with Crippen molar-refractivity contribution in [2.24, 2.45) is 0 Å². The highest BCUT2D eigenvalue weighted by Gasteiger charge is 2.22. The Morgan fingerprint density at radius 1 is 1.06 bits per heavy atom. The lowest BCUT2D eigenvalue weighted by Gasteiger charge is -2.28. The van der Waals surface area contributed by atoms with Gasteiger partial charge in [-0.15, -0.1) is 11.3 Å². The molecule has 2 N–H and O–H groups in total. The topological polar surface area (TPSA) is 137 Å². The Hall–Kier alpha value is -3.22. The second-order valence-electron chi connectivity index (χ2n) is 7.27. The Balaban J connectivity index is 1.67. The largest absolute Gasteiger partial charge is 0.378 e. The number of sulfone groups is 1. The van der Waals surface area contributed by atoms with Crippen molar-refractivity contribution >= 4 is 43.3 Å². The zero-order valence-electron chi connectivity index (χ0n) is 17.1. The van der Waals surface area contributed by atoms with Crippen molar-refractivity contribution < 1.29 is 13.2 Å². The molecule has 4 aromatic rings. The smallest absolute Gasteiger partial charge is 0.219 e. The van der Waals surface area contributed by atoms with Crippen LogP contribution in [0.4, 0.5) is 11.8 Å². The molecule has 12 heteroatoms. The molecule has 1 aliphatic rings. The lowest BCUT2D eigenvalue weighted by atomic mass is 10.2. The summed E-state index contributed by atoms with van der Waals surface area (Å²) < 4.78 is 30.3. The molecule has 4 heterocycles. The Labute approximate surface area is 188 Å². The maximum atomic E-state index is 12.0. The molecule has 1 saturated heterocycles. The van der Waals surface area contributed by atoms with Crippen LogP contribution in [0.1, 0.15) is 0 Å². The molecule has 10 nitrogen and oxygen atoms in total. The molecule has 0 bridgehead atoms. The van der Waals surface area contributed by atoms with Crippen molar-refractivity contribution in [1.29, 1.82) is 0 Å². The number of rotatable bonds is 4. The van der Waals surface area contributed by atoms with Gasteiger partial charge in [0.05, 0.1) is 23.7 Å². The minimum absolute atomic E-state index is 0.171. The van der Waals surface area contributed by atoms with Gasteiger partial charge in [0.2, 0.25) is 5.95 Å². The molecule has 5 rings (SSSR count). The third kappa shape index (κ3) is 3.99. The second-order valence-corrected chi connectivity index (χ2v) is 10.3. The molecule has 0 unspecified atom stereocenters. The van der Waals surface area contributed by atoms with Crippen LogP contribution in [0, 0.1) is 0 Å². The predicted molar refractivity (Wildman–Crippen MR) is 122 cm³/mol. The number of hydrogen-bond donors (Lipinski definition) is 1. The molecule has 0 aliphatic carbocycles. The molecule has 0 radical (unpaired) electrons. The molecule has 0 amide bonds. The van der Waals surface area contributed by atoms with E-state index in [1.54, 1.807) is 30.6 Å². The summed E-state index contributed by atoms with van der Waals surface area (Å²) in [6.07, 6.45) is 4.35. The van der Waals surface area contributed by atoms with Gasteiger partial charge in [-0.3, -0.25) is 0 Å². The zero-order chi connectivity index (χ0) is 22.3. The summed E-state index contributed by atoms with van der Waals surface area (Å²) in [6.45, 7) is 2.60. The average Bonchev–Trinajstić information content (AvgIpc) is 3.23. The van der Waals surface area contributed by atoms with Crippen LogP contribution in [0.5, 0.6) is 0 Å². The highest BCUT2D eigenvalue weighted by molar-refractivity contribution is 7.90. The fourth-order valence-corrected chi connectivity index (χ4v) is 5.05. The Bertz CT molecular complexity index is 1400. The van der Waals surface area contributed by atoms with E-state index < -0.39 is 9.84 Å². The molecule has 0 spiro atoms. The minimum Gasteiger partial charge on any atom is -0.378 e. The van der Waals surface area contributed by atoms with Gasteiger partial charge in [-0.2, -0.15) is 0 Å². The summed E-state index contributed by atoms with van der Waals surface area (Å²) in [5.74, 6) is 1.37.